The van der Waals surface area contributed by atoms with Gasteiger partial charge in [-0.1, -0.05) is 32.1 Å². The van der Waals surface area contributed by atoms with Gasteiger partial charge in [0.15, 0.2) is 0 Å². The van der Waals surface area contributed by atoms with E-state index in [-0.39, 0.29) is 6.54 Å². The number of nitrogens with two attached hydrogens (primary N) is 1. The smallest absolute Gasteiger partial charge is 0.0876 e. The van der Waals surface area contributed by atoms with Gasteiger partial charge in [0, 0.05) is 18.9 Å². The van der Waals surface area contributed by atoms with E-state index >= 15 is 0 Å². The van der Waals surface area contributed by atoms with Crippen molar-refractivity contribution >= 4 is 7.14 Å². The molecule has 3 N–H and O–H groups in total. The maximum absolute atomic E-state index is 12.2. The Labute approximate surface area is 92.8 Å². The van der Waals surface area contributed by atoms with Crippen LogP contribution in [0, 0.1) is 5.92 Å². The van der Waals surface area contributed by atoms with E-state index in [0.29, 0.717) is 12.1 Å². The van der Waals surface area contributed by atoms with Crippen LogP contribution in [0.5, 0.6) is 0 Å². The minimum Gasteiger partial charge on any atom is -0.391 e. The Morgan fingerprint density at radius 3 is 2.53 bits per heavy atom. The lowest BCUT2D eigenvalue weighted by molar-refractivity contribution is 0.205. The number of hydrogen-bond acceptors (Lipinski definition) is 3. The molecule has 0 bridgehead atoms. The van der Waals surface area contributed by atoms with Gasteiger partial charge in [0.2, 0.25) is 0 Å². The molecule has 0 heterocycles. The minimum atomic E-state index is -2.16. The molecule has 1 aliphatic rings. The molecule has 90 valence electrons. The van der Waals surface area contributed by atoms with Crippen LogP contribution in [0.2, 0.25) is 0 Å². The summed E-state index contributed by atoms with van der Waals surface area (Å²) in [4.78, 5) is 0. The van der Waals surface area contributed by atoms with Crippen LogP contribution in [0.15, 0.2) is 0 Å². The molecule has 0 radical (unpaired) electrons. The minimum absolute atomic E-state index is 0.225. The fourth-order valence-electron chi connectivity index (χ4n) is 2.51. The molecule has 4 heteroatoms. The largest absolute Gasteiger partial charge is 0.391 e. The summed E-state index contributed by atoms with van der Waals surface area (Å²) in [5.74, 6) is 0.625. The first-order valence-corrected chi connectivity index (χ1v) is 8.49. The quantitative estimate of drug-likeness (QED) is 0.713. The molecule has 0 aromatic rings. The van der Waals surface area contributed by atoms with Crippen molar-refractivity contribution in [1.29, 1.82) is 0 Å². The molecule has 0 amide bonds. The van der Waals surface area contributed by atoms with Gasteiger partial charge in [0.25, 0.3) is 0 Å². The predicted octanol–water partition coefficient (Wildman–Crippen LogP) is 1.88. The van der Waals surface area contributed by atoms with Crippen LogP contribution < -0.4 is 5.73 Å². The summed E-state index contributed by atoms with van der Waals surface area (Å²) in [5, 5.41) is 9.43. The van der Waals surface area contributed by atoms with Crippen molar-refractivity contribution in [1.82, 2.24) is 0 Å². The normalized spacial score (nSPS) is 24.7. The van der Waals surface area contributed by atoms with Crippen LogP contribution in [0.3, 0.4) is 0 Å². The Balaban J connectivity index is 2.36. The van der Waals surface area contributed by atoms with E-state index in [4.69, 9.17) is 5.73 Å². The molecule has 0 saturated heterocycles. The summed E-state index contributed by atoms with van der Waals surface area (Å²) in [6.07, 6.45) is 6.96. The number of rotatable bonds is 5. The van der Waals surface area contributed by atoms with Gasteiger partial charge in [-0.05, 0) is 12.6 Å². The molecule has 2 atom stereocenters. The molecule has 1 saturated carbocycles. The van der Waals surface area contributed by atoms with E-state index in [9.17, 15) is 9.67 Å². The third-order valence-electron chi connectivity index (χ3n) is 3.24. The SMILES string of the molecule is CP(=O)(CC1CCCCC1)C[C@H](O)CN. The lowest BCUT2D eigenvalue weighted by atomic mass is 9.91. The third kappa shape index (κ3) is 5.14. The van der Waals surface area contributed by atoms with Crippen LogP contribution in [0.25, 0.3) is 0 Å². The molecule has 0 aromatic carbocycles. The number of aliphatic hydroxyl groups is 1. The summed E-state index contributed by atoms with van der Waals surface area (Å²) in [6.45, 7) is 2.04. The zero-order valence-corrected chi connectivity index (χ0v) is 10.6. The highest BCUT2D eigenvalue weighted by Crippen LogP contribution is 2.46. The van der Waals surface area contributed by atoms with Crippen molar-refractivity contribution < 1.29 is 9.67 Å². The zero-order chi connectivity index (χ0) is 11.3. The maximum atomic E-state index is 12.2. The summed E-state index contributed by atoms with van der Waals surface area (Å²) >= 11 is 0. The Kier molecular flexibility index (Phi) is 5.31. The molecule has 15 heavy (non-hydrogen) atoms. The Hall–Kier alpha value is 0.150. The Bertz CT molecular complexity index is 227. The van der Waals surface area contributed by atoms with Gasteiger partial charge in [0.1, 0.15) is 0 Å². The van der Waals surface area contributed by atoms with Crippen molar-refractivity contribution in [3.8, 4) is 0 Å². The molecule has 1 aliphatic carbocycles. The van der Waals surface area contributed by atoms with Gasteiger partial charge < -0.3 is 15.4 Å². The van der Waals surface area contributed by atoms with Gasteiger partial charge in [-0.15, -0.1) is 0 Å². The zero-order valence-electron chi connectivity index (χ0n) is 9.69. The van der Waals surface area contributed by atoms with Gasteiger partial charge in [-0.2, -0.15) is 0 Å². The Morgan fingerprint density at radius 1 is 1.40 bits per heavy atom. The first-order valence-electron chi connectivity index (χ1n) is 5.97. The lowest BCUT2D eigenvalue weighted by Gasteiger charge is -2.25. The van der Waals surface area contributed by atoms with Crippen LogP contribution in [-0.4, -0.2) is 36.7 Å². The highest BCUT2D eigenvalue weighted by Gasteiger charge is 2.25. The summed E-state index contributed by atoms with van der Waals surface area (Å²) in [5.41, 5.74) is 5.34. The number of hydrogen-bond donors (Lipinski definition) is 2. The Morgan fingerprint density at radius 2 is 2.00 bits per heavy atom. The van der Waals surface area contributed by atoms with Gasteiger partial charge in [0.05, 0.1) is 13.2 Å². The summed E-state index contributed by atoms with van der Waals surface area (Å²) < 4.78 is 12.2. The van der Waals surface area contributed by atoms with Gasteiger partial charge in [-0.3, -0.25) is 0 Å². The van der Waals surface area contributed by atoms with Crippen molar-refractivity contribution in [3.05, 3.63) is 0 Å². The first-order chi connectivity index (χ1) is 7.03. The molecular formula is C11H24NO2P. The maximum Gasteiger partial charge on any atom is 0.0876 e. The van der Waals surface area contributed by atoms with E-state index in [1.165, 1.54) is 32.1 Å². The molecule has 1 unspecified atom stereocenters. The molecule has 0 aromatic heterocycles. The molecule has 0 aliphatic heterocycles. The monoisotopic (exact) mass is 233 g/mol. The summed E-state index contributed by atoms with van der Waals surface area (Å²) in [7, 11) is -2.16. The van der Waals surface area contributed by atoms with E-state index in [1.807, 2.05) is 6.66 Å². The van der Waals surface area contributed by atoms with Crippen molar-refractivity contribution in [2.45, 2.75) is 38.2 Å². The van der Waals surface area contributed by atoms with Crippen molar-refractivity contribution in [2.75, 3.05) is 25.5 Å². The van der Waals surface area contributed by atoms with Crippen LogP contribution in [0.1, 0.15) is 32.1 Å². The summed E-state index contributed by atoms with van der Waals surface area (Å²) in [6, 6.07) is 0. The molecule has 1 fully saturated rings. The van der Waals surface area contributed by atoms with Crippen LogP contribution >= 0.6 is 7.14 Å². The van der Waals surface area contributed by atoms with Crippen LogP contribution in [-0.2, 0) is 4.57 Å². The molecule has 3 nitrogen and oxygen atoms in total. The lowest BCUT2D eigenvalue weighted by Crippen LogP contribution is -2.25. The number of aliphatic hydroxyl groups excluding tert-OH is 1. The second-order valence-corrected chi connectivity index (χ2v) is 8.38. The van der Waals surface area contributed by atoms with E-state index in [0.717, 1.165) is 6.16 Å². The molecule has 1 rings (SSSR count). The predicted molar refractivity (Wildman–Crippen MR) is 64.9 cm³/mol. The van der Waals surface area contributed by atoms with E-state index < -0.39 is 13.2 Å². The fraction of sp³-hybridized carbons (Fsp3) is 1.00. The molecular weight excluding hydrogens is 209 g/mol. The van der Waals surface area contributed by atoms with Gasteiger partial charge >= 0.3 is 0 Å². The standard InChI is InChI=1S/C11H24NO2P/c1-15(14,9-11(13)7-12)8-10-5-3-2-4-6-10/h10-11,13H,2-9,12H2,1H3/t11-,15?/m1/s1. The fourth-order valence-corrected chi connectivity index (χ4v) is 5.16. The molecule has 0 spiro atoms. The van der Waals surface area contributed by atoms with Gasteiger partial charge in [-0.25, -0.2) is 0 Å². The van der Waals surface area contributed by atoms with Crippen LogP contribution in [0.4, 0.5) is 0 Å². The second-order valence-electron chi connectivity index (χ2n) is 5.06. The third-order valence-corrected chi connectivity index (χ3v) is 5.72. The average molecular weight is 233 g/mol. The highest BCUT2D eigenvalue weighted by molar-refractivity contribution is 7.63. The topological polar surface area (TPSA) is 63.3 Å². The van der Waals surface area contributed by atoms with E-state index in [1.54, 1.807) is 0 Å². The average Bonchev–Trinajstić information content (AvgIpc) is 2.17. The first kappa shape index (κ1) is 13.2. The van der Waals surface area contributed by atoms with Crippen molar-refractivity contribution in [3.63, 3.8) is 0 Å². The van der Waals surface area contributed by atoms with Crippen molar-refractivity contribution in [2.24, 2.45) is 11.7 Å². The second kappa shape index (κ2) is 6.03. The highest BCUT2D eigenvalue weighted by atomic mass is 31.2. The van der Waals surface area contributed by atoms with E-state index in [2.05, 4.69) is 0 Å².